The molecule has 0 saturated carbocycles. The van der Waals surface area contributed by atoms with E-state index in [0.717, 1.165) is 44.4 Å². The molecule has 0 bridgehead atoms. The van der Waals surface area contributed by atoms with Crippen LogP contribution in [0.2, 0.25) is 0 Å². The minimum Gasteiger partial charge on any atom is -0.456 e. The van der Waals surface area contributed by atoms with E-state index in [9.17, 15) is 0 Å². The first-order chi connectivity index (χ1) is 29.3. The highest BCUT2D eigenvalue weighted by Crippen LogP contribution is 2.61. The van der Waals surface area contributed by atoms with Crippen LogP contribution in [0, 0.1) is 0 Å². The first-order valence-corrected chi connectivity index (χ1v) is 20.3. The highest BCUT2D eigenvalue weighted by atomic mass is 16.5. The first kappa shape index (κ1) is 32.4. The van der Waals surface area contributed by atoms with Crippen molar-refractivity contribution in [3.8, 4) is 56.0 Å². The second kappa shape index (κ2) is 12.2. The Bertz CT molecular complexity index is 3480. The largest absolute Gasteiger partial charge is 0.456 e. The Morgan fingerprint density at radius 3 is 1.85 bits per heavy atom. The fourth-order valence-electron chi connectivity index (χ4n) is 10.5. The van der Waals surface area contributed by atoms with E-state index in [0.29, 0.717) is 0 Å². The standard InChI is InChI=1S/C57H34O2/c1-3-15-38(16-4-1)57(39-17-5-2-6-18-39)48-33-36(40-29-31-53-55-44(40)22-13-23-45(55)42-20-9-11-24-50(42)59-53)26-28-46(48)56-49(57)34-35-14-7-8-19-41(35)54(56)37-27-30-52-47(32-37)43-21-10-12-25-51(43)58-52/h1-34H. The Labute approximate surface area is 341 Å². The number of fused-ring (bicyclic) bond motifs is 9. The molecule has 2 nitrogen and oxygen atoms in total. The Morgan fingerprint density at radius 1 is 0.339 bits per heavy atom. The van der Waals surface area contributed by atoms with Crippen molar-refractivity contribution < 1.29 is 9.15 Å². The molecule has 2 aliphatic rings. The van der Waals surface area contributed by atoms with Crippen molar-refractivity contribution in [2.24, 2.45) is 0 Å². The zero-order valence-corrected chi connectivity index (χ0v) is 31.9. The van der Waals surface area contributed by atoms with E-state index < -0.39 is 5.41 Å². The van der Waals surface area contributed by atoms with Crippen molar-refractivity contribution >= 4 is 43.5 Å². The third-order valence-electron chi connectivity index (χ3n) is 12.9. The summed E-state index contributed by atoms with van der Waals surface area (Å²) >= 11 is 0. The second-order valence-corrected chi connectivity index (χ2v) is 15.9. The number of hydrogen-bond acceptors (Lipinski definition) is 2. The lowest BCUT2D eigenvalue weighted by Gasteiger charge is -2.34. The van der Waals surface area contributed by atoms with Gasteiger partial charge in [-0.1, -0.05) is 164 Å². The average Bonchev–Trinajstić information content (AvgIpc) is 3.82. The molecule has 0 amide bonds. The number of benzene rings is 10. The average molecular weight is 751 g/mol. The van der Waals surface area contributed by atoms with Crippen LogP contribution in [0.15, 0.2) is 211 Å². The van der Waals surface area contributed by atoms with E-state index in [1.165, 1.54) is 77.4 Å². The lowest BCUT2D eigenvalue weighted by atomic mass is 9.67. The van der Waals surface area contributed by atoms with Gasteiger partial charge in [-0.25, -0.2) is 0 Å². The van der Waals surface area contributed by atoms with Gasteiger partial charge in [0.25, 0.3) is 0 Å². The summed E-state index contributed by atoms with van der Waals surface area (Å²) < 4.78 is 12.9. The summed E-state index contributed by atoms with van der Waals surface area (Å²) in [5.41, 5.74) is 15.9. The highest BCUT2D eigenvalue weighted by Gasteiger charge is 2.47. The van der Waals surface area contributed by atoms with E-state index in [-0.39, 0.29) is 0 Å². The molecule has 1 aliphatic heterocycles. The number of rotatable bonds is 4. The maximum absolute atomic E-state index is 6.54. The van der Waals surface area contributed by atoms with Crippen molar-refractivity contribution in [2.75, 3.05) is 0 Å². The van der Waals surface area contributed by atoms with Crippen molar-refractivity contribution in [3.05, 3.63) is 229 Å². The number of furan rings is 1. The molecule has 1 aromatic heterocycles. The Morgan fingerprint density at radius 2 is 1.00 bits per heavy atom. The normalized spacial score (nSPS) is 13.4. The summed E-state index contributed by atoms with van der Waals surface area (Å²) in [7, 11) is 0. The molecule has 1 aliphatic carbocycles. The molecular formula is C57H34O2. The quantitative estimate of drug-likeness (QED) is 0.179. The summed E-state index contributed by atoms with van der Waals surface area (Å²) in [6, 6.07) is 75.3. The van der Waals surface area contributed by atoms with E-state index in [4.69, 9.17) is 9.15 Å². The maximum atomic E-state index is 6.54. The molecule has 13 rings (SSSR count). The topological polar surface area (TPSA) is 22.4 Å². The van der Waals surface area contributed by atoms with Gasteiger partial charge >= 0.3 is 0 Å². The third-order valence-corrected chi connectivity index (χ3v) is 12.9. The summed E-state index contributed by atoms with van der Waals surface area (Å²) in [5, 5.41) is 7.03. The van der Waals surface area contributed by atoms with Crippen LogP contribution in [0.3, 0.4) is 0 Å². The van der Waals surface area contributed by atoms with Crippen LogP contribution >= 0.6 is 0 Å². The maximum Gasteiger partial charge on any atom is 0.135 e. The van der Waals surface area contributed by atoms with Gasteiger partial charge in [0.05, 0.1) is 5.41 Å². The molecule has 0 spiro atoms. The molecule has 10 aromatic carbocycles. The summed E-state index contributed by atoms with van der Waals surface area (Å²) in [5.74, 6) is 1.79. The number of ether oxygens (including phenoxy) is 1. The van der Waals surface area contributed by atoms with Crippen LogP contribution in [-0.4, -0.2) is 0 Å². The van der Waals surface area contributed by atoms with Crippen molar-refractivity contribution in [1.29, 1.82) is 0 Å². The zero-order valence-electron chi connectivity index (χ0n) is 31.9. The fourth-order valence-corrected chi connectivity index (χ4v) is 10.5. The Kier molecular flexibility index (Phi) is 6.68. The van der Waals surface area contributed by atoms with Gasteiger partial charge in [-0.05, 0) is 120 Å². The van der Waals surface area contributed by atoms with E-state index in [2.05, 4.69) is 194 Å². The minimum atomic E-state index is -0.608. The molecule has 0 atom stereocenters. The summed E-state index contributed by atoms with van der Waals surface area (Å²) in [6.07, 6.45) is 0. The van der Waals surface area contributed by atoms with Crippen LogP contribution < -0.4 is 4.74 Å². The third kappa shape index (κ3) is 4.46. The fraction of sp³-hybridized carbons (Fsp3) is 0.0175. The van der Waals surface area contributed by atoms with Crippen molar-refractivity contribution in [2.45, 2.75) is 5.41 Å². The van der Waals surface area contributed by atoms with E-state index in [1.54, 1.807) is 0 Å². The van der Waals surface area contributed by atoms with Gasteiger partial charge in [-0.15, -0.1) is 0 Å². The molecule has 0 unspecified atom stereocenters. The molecule has 0 N–H and O–H groups in total. The van der Waals surface area contributed by atoms with Gasteiger partial charge in [-0.2, -0.15) is 0 Å². The van der Waals surface area contributed by atoms with Crippen LogP contribution in [0.4, 0.5) is 0 Å². The second-order valence-electron chi connectivity index (χ2n) is 15.9. The highest BCUT2D eigenvalue weighted by molar-refractivity contribution is 6.14. The van der Waals surface area contributed by atoms with Gasteiger partial charge in [0.1, 0.15) is 22.7 Å². The molecular weight excluding hydrogens is 717 g/mol. The lowest BCUT2D eigenvalue weighted by molar-refractivity contribution is 0.487. The predicted molar refractivity (Wildman–Crippen MR) is 242 cm³/mol. The Balaban J connectivity index is 1.15. The van der Waals surface area contributed by atoms with Gasteiger partial charge in [0, 0.05) is 21.7 Å². The van der Waals surface area contributed by atoms with Gasteiger partial charge in [0.2, 0.25) is 0 Å². The van der Waals surface area contributed by atoms with Gasteiger partial charge in [-0.3, -0.25) is 0 Å². The summed E-state index contributed by atoms with van der Waals surface area (Å²) in [4.78, 5) is 0. The molecule has 0 saturated heterocycles. The smallest absolute Gasteiger partial charge is 0.135 e. The molecule has 0 fully saturated rings. The minimum absolute atomic E-state index is 0.608. The van der Waals surface area contributed by atoms with E-state index >= 15 is 0 Å². The van der Waals surface area contributed by atoms with Crippen molar-refractivity contribution in [3.63, 3.8) is 0 Å². The van der Waals surface area contributed by atoms with Crippen LogP contribution in [0.1, 0.15) is 22.3 Å². The molecule has 11 aromatic rings. The predicted octanol–water partition coefficient (Wildman–Crippen LogP) is 15.4. The monoisotopic (exact) mass is 750 g/mol. The van der Waals surface area contributed by atoms with E-state index in [1.807, 2.05) is 12.1 Å². The van der Waals surface area contributed by atoms with Gasteiger partial charge in [0.15, 0.2) is 0 Å². The molecule has 59 heavy (non-hydrogen) atoms. The molecule has 2 heteroatoms. The van der Waals surface area contributed by atoms with Crippen LogP contribution in [0.25, 0.3) is 88.0 Å². The van der Waals surface area contributed by atoms with Crippen LogP contribution in [-0.2, 0) is 5.41 Å². The molecule has 274 valence electrons. The first-order valence-electron chi connectivity index (χ1n) is 20.3. The Hall–Kier alpha value is -7.68. The molecule has 0 radical (unpaired) electrons. The number of hydrogen-bond donors (Lipinski definition) is 0. The summed E-state index contributed by atoms with van der Waals surface area (Å²) in [6.45, 7) is 0. The SMILES string of the molecule is c1ccc(C2(c3ccccc3)c3cc(-c4ccc5c6c(cccc46)-c4ccccc4O5)ccc3-c3c2cc2ccccc2c3-c2ccc3oc4ccccc4c3c2)cc1. The molecule has 2 heterocycles. The number of para-hydroxylation sites is 2. The zero-order chi connectivity index (χ0) is 38.7. The lowest BCUT2D eigenvalue weighted by Crippen LogP contribution is -2.28. The van der Waals surface area contributed by atoms with Crippen LogP contribution in [0.5, 0.6) is 11.5 Å². The van der Waals surface area contributed by atoms with Gasteiger partial charge < -0.3 is 9.15 Å². The van der Waals surface area contributed by atoms with Crippen molar-refractivity contribution in [1.82, 2.24) is 0 Å².